The average Bonchev–Trinajstić information content (AvgIpc) is 3.04. The zero-order valence-corrected chi connectivity index (χ0v) is 18.1. The minimum absolute atomic E-state index is 0.203. The van der Waals surface area contributed by atoms with Gasteiger partial charge in [-0.05, 0) is 61.3 Å². The fourth-order valence-corrected chi connectivity index (χ4v) is 4.67. The van der Waals surface area contributed by atoms with Crippen LogP contribution in [0.5, 0.6) is 0 Å². The average molecular weight is 420 g/mol. The van der Waals surface area contributed by atoms with Crippen molar-refractivity contribution in [2.24, 2.45) is 0 Å². The lowest BCUT2D eigenvalue weighted by Crippen LogP contribution is -2.45. The third-order valence-electron chi connectivity index (χ3n) is 6.52. The first-order chi connectivity index (χ1) is 14.9. The Morgan fingerprint density at radius 3 is 2.52 bits per heavy atom. The number of nitrogens with zero attached hydrogens (tertiary/aromatic N) is 1. The number of fused-ring (bicyclic) bond motifs is 1. The van der Waals surface area contributed by atoms with E-state index in [1.54, 1.807) is 0 Å². The lowest BCUT2D eigenvalue weighted by Gasteiger charge is -2.25. The van der Waals surface area contributed by atoms with Crippen molar-refractivity contribution in [3.05, 3.63) is 70.8 Å². The van der Waals surface area contributed by atoms with Gasteiger partial charge >= 0.3 is 6.03 Å². The highest BCUT2D eigenvalue weighted by Gasteiger charge is 2.51. The molecule has 2 aliphatic rings. The van der Waals surface area contributed by atoms with Gasteiger partial charge in [0, 0.05) is 0 Å². The van der Waals surface area contributed by atoms with E-state index in [2.05, 4.69) is 28.8 Å². The molecule has 2 N–H and O–H groups in total. The largest absolute Gasteiger partial charge is 0.348 e. The van der Waals surface area contributed by atoms with E-state index in [0.717, 1.165) is 28.9 Å². The Kier molecular flexibility index (Phi) is 5.81. The molecular weight excluding hydrogens is 390 g/mol. The molecule has 2 aromatic carbocycles. The predicted molar refractivity (Wildman–Crippen MR) is 118 cm³/mol. The van der Waals surface area contributed by atoms with Gasteiger partial charge in [-0.15, -0.1) is 0 Å². The zero-order chi connectivity index (χ0) is 22.0. The highest BCUT2D eigenvalue weighted by atomic mass is 16.2. The first-order valence-electron chi connectivity index (χ1n) is 11.1. The second kappa shape index (κ2) is 8.53. The van der Waals surface area contributed by atoms with Gasteiger partial charge in [0.2, 0.25) is 5.91 Å². The Labute approximate surface area is 183 Å². The Morgan fingerprint density at radius 1 is 1.10 bits per heavy atom. The highest BCUT2D eigenvalue weighted by molar-refractivity contribution is 6.09. The number of benzene rings is 2. The minimum Gasteiger partial charge on any atom is -0.348 e. The molecule has 1 saturated heterocycles. The first-order valence-corrected chi connectivity index (χ1v) is 11.1. The third-order valence-corrected chi connectivity index (χ3v) is 6.52. The van der Waals surface area contributed by atoms with E-state index >= 15 is 0 Å². The number of urea groups is 1. The van der Waals surface area contributed by atoms with E-state index in [-0.39, 0.29) is 24.4 Å². The van der Waals surface area contributed by atoms with Crippen LogP contribution in [0.25, 0.3) is 0 Å². The number of carbonyl (C=O) groups excluding carboxylic acids is 3. The molecule has 6 nitrogen and oxygen atoms in total. The standard InChI is InChI=1S/C25H29N3O3/c1-3-25(21-11-5-4-6-12-21)23(30)28(24(31)27-25)16-22(29)26-17(2)19-14-13-18-9-7-8-10-20(18)15-19/h4-6,11-15,17H,3,7-10,16H2,1-2H3,(H,26,29)(H,27,31)/t17-,25+/m0/s1. The smallest absolute Gasteiger partial charge is 0.325 e. The van der Waals surface area contributed by atoms with Gasteiger partial charge < -0.3 is 10.6 Å². The predicted octanol–water partition coefficient (Wildman–Crippen LogP) is 3.60. The molecule has 0 saturated carbocycles. The summed E-state index contributed by atoms with van der Waals surface area (Å²) in [7, 11) is 0. The van der Waals surface area contributed by atoms with Crippen LogP contribution >= 0.6 is 0 Å². The van der Waals surface area contributed by atoms with Crippen molar-refractivity contribution in [1.82, 2.24) is 15.5 Å². The molecule has 4 amide bonds. The first kappa shape index (κ1) is 21.1. The highest BCUT2D eigenvalue weighted by Crippen LogP contribution is 2.32. The van der Waals surface area contributed by atoms with E-state index in [1.807, 2.05) is 44.2 Å². The van der Waals surface area contributed by atoms with Crippen molar-refractivity contribution in [1.29, 1.82) is 0 Å². The summed E-state index contributed by atoms with van der Waals surface area (Å²) in [6.45, 7) is 3.48. The number of amides is 4. The fourth-order valence-electron chi connectivity index (χ4n) is 4.67. The van der Waals surface area contributed by atoms with E-state index in [4.69, 9.17) is 0 Å². The lowest BCUT2D eigenvalue weighted by molar-refractivity contribution is -0.135. The monoisotopic (exact) mass is 419 g/mol. The zero-order valence-electron chi connectivity index (χ0n) is 18.1. The number of aryl methyl sites for hydroxylation is 2. The molecule has 0 aromatic heterocycles. The molecule has 4 rings (SSSR count). The topological polar surface area (TPSA) is 78.5 Å². The maximum atomic E-state index is 13.2. The molecule has 6 heteroatoms. The molecule has 0 radical (unpaired) electrons. The number of rotatable bonds is 6. The summed E-state index contributed by atoms with van der Waals surface area (Å²) >= 11 is 0. The van der Waals surface area contributed by atoms with Crippen molar-refractivity contribution >= 4 is 17.8 Å². The van der Waals surface area contributed by atoms with E-state index in [9.17, 15) is 14.4 Å². The summed E-state index contributed by atoms with van der Waals surface area (Å²) in [6.07, 6.45) is 5.02. The van der Waals surface area contributed by atoms with Crippen LogP contribution < -0.4 is 10.6 Å². The van der Waals surface area contributed by atoms with Crippen LogP contribution in [0.15, 0.2) is 48.5 Å². The molecule has 31 heavy (non-hydrogen) atoms. The van der Waals surface area contributed by atoms with Crippen molar-refractivity contribution in [3.63, 3.8) is 0 Å². The Hall–Kier alpha value is -3.15. The Morgan fingerprint density at radius 2 is 1.81 bits per heavy atom. The molecule has 0 unspecified atom stereocenters. The van der Waals surface area contributed by atoms with Gasteiger partial charge in [-0.25, -0.2) is 4.79 Å². The summed E-state index contributed by atoms with van der Waals surface area (Å²) < 4.78 is 0. The van der Waals surface area contributed by atoms with Crippen LogP contribution in [0, 0.1) is 0 Å². The summed E-state index contributed by atoms with van der Waals surface area (Å²) in [4.78, 5) is 39.5. The van der Waals surface area contributed by atoms with Crippen molar-refractivity contribution < 1.29 is 14.4 Å². The molecule has 2 atom stereocenters. The van der Waals surface area contributed by atoms with Crippen LogP contribution in [0.4, 0.5) is 4.79 Å². The second-order valence-electron chi connectivity index (χ2n) is 8.47. The number of hydrogen-bond acceptors (Lipinski definition) is 3. The van der Waals surface area contributed by atoms with Crippen molar-refractivity contribution in [3.8, 4) is 0 Å². The van der Waals surface area contributed by atoms with Crippen LogP contribution in [-0.2, 0) is 28.0 Å². The third kappa shape index (κ3) is 3.94. The number of nitrogens with one attached hydrogen (secondary N) is 2. The molecule has 2 aromatic rings. The Bertz CT molecular complexity index is 1000. The summed E-state index contributed by atoms with van der Waals surface area (Å²) in [5, 5.41) is 5.76. The number of imide groups is 1. The van der Waals surface area contributed by atoms with Crippen LogP contribution in [0.3, 0.4) is 0 Å². The van der Waals surface area contributed by atoms with Gasteiger partial charge in [0.05, 0.1) is 6.04 Å². The van der Waals surface area contributed by atoms with Gasteiger partial charge in [0.1, 0.15) is 12.1 Å². The van der Waals surface area contributed by atoms with Crippen LogP contribution in [0.2, 0.25) is 0 Å². The van der Waals surface area contributed by atoms with Gasteiger partial charge in [-0.2, -0.15) is 0 Å². The number of carbonyl (C=O) groups is 3. The summed E-state index contributed by atoms with van der Waals surface area (Å²) in [6, 6.07) is 14.8. The van der Waals surface area contributed by atoms with E-state index in [1.165, 1.54) is 24.0 Å². The Balaban J connectivity index is 1.45. The van der Waals surface area contributed by atoms with Gasteiger partial charge in [0.25, 0.3) is 5.91 Å². The van der Waals surface area contributed by atoms with Crippen LogP contribution in [-0.4, -0.2) is 29.3 Å². The molecule has 162 valence electrons. The molecule has 1 aliphatic carbocycles. The molecule has 1 fully saturated rings. The maximum Gasteiger partial charge on any atom is 0.325 e. The molecule has 1 aliphatic heterocycles. The lowest BCUT2D eigenvalue weighted by atomic mass is 9.87. The maximum absolute atomic E-state index is 13.2. The van der Waals surface area contributed by atoms with Crippen molar-refractivity contribution in [2.75, 3.05) is 6.54 Å². The molecule has 1 heterocycles. The van der Waals surface area contributed by atoms with Gasteiger partial charge in [0.15, 0.2) is 0 Å². The van der Waals surface area contributed by atoms with Gasteiger partial charge in [-0.1, -0.05) is 55.5 Å². The van der Waals surface area contributed by atoms with Crippen molar-refractivity contribution in [2.45, 2.75) is 57.5 Å². The SMILES string of the molecule is CC[C@]1(c2ccccc2)NC(=O)N(CC(=O)N[C@@H](C)c2ccc3c(c2)CCCC3)C1=O. The van der Waals surface area contributed by atoms with Crippen LogP contribution in [0.1, 0.15) is 61.4 Å². The molecular formula is C25H29N3O3. The van der Waals surface area contributed by atoms with E-state index < -0.39 is 11.6 Å². The summed E-state index contributed by atoms with van der Waals surface area (Å²) in [5.74, 6) is -0.739. The van der Waals surface area contributed by atoms with E-state index in [0.29, 0.717) is 6.42 Å². The number of hydrogen-bond donors (Lipinski definition) is 2. The fraction of sp³-hybridized carbons (Fsp3) is 0.400. The molecule has 0 spiro atoms. The normalized spacial score (nSPS) is 21.4. The quantitative estimate of drug-likeness (QED) is 0.702. The molecule has 0 bridgehead atoms. The summed E-state index contributed by atoms with van der Waals surface area (Å²) in [5.41, 5.74) is 3.39. The minimum atomic E-state index is -1.12. The van der Waals surface area contributed by atoms with Gasteiger partial charge in [-0.3, -0.25) is 14.5 Å². The second-order valence-corrected chi connectivity index (χ2v) is 8.47.